The summed E-state index contributed by atoms with van der Waals surface area (Å²) in [6.07, 6.45) is -0.481. The molecule has 1 amide bonds. The molecule has 2 aromatic carbocycles. The molecule has 0 saturated carbocycles. The third-order valence-corrected chi connectivity index (χ3v) is 7.69. The molecule has 3 heterocycles. The number of benzene rings is 2. The summed E-state index contributed by atoms with van der Waals surface area (Å²) in [5.74, 6) is -0.0827. The summed E-state index contributed by atoms with van der Waals surface area (Å²) in [6.45, 7) is 4.20. The molecule has 2 atom stereocenters. The molecule has 0 bridgehead atoms. The number of rotatable bonds is 9. The lowest BCUT2D eigenvalue weighted by molar-refractivity contribution is 0.0818. The second-order valence-electron chi connectivity index (χ2n) is 9.37. The van der Waals surface area contributed by atoms with Crippen molar-refractivity contribution in [1.82, 2.24) is 19.9 Å². The number of hydrogen-bond acceptors (Lipinski definition) is 8. The predicted molar refractivity (Wildman–Crippen MR) is 154 cm³/mol. The average molecular weight is 618 g/mol. The SMILES string of the molecule is Cc1ncc(N(C(=O)O)[C@H](C)[C@H](C)Oc2cc3sc(-c4cc(Cl)cc5cc(OCC(F)F)cnc45)nc3cc2F)cn1. The fourth-order valence-electron chi connectivity index (χ4n) is 4.27. The van der Waals surface area contributed by atoms with Gasteiger partial charge in [0, 0.05) is 28.1 Å². The van der Waals surface area contributed by atoms with E-state index in [-0.39, 0.29) is 17.2 Å². The molecule has 0 aliphatic carbocycles. The highest BCUT2D eigenvalue weighted by Crippen LogP contribution is 2.38. The second kappa shape index (κ2) is 11.9. The van der Waals surface area contributed by atoms with Crippen molar-refractivity contribution in [3.63, 3.8) is 0 Å². The van der Waals surface area contributed by atoms with Crippen LogP contribution in [0.25, 0.3) is 31.7 Å². The number of alkyl halides is 2. The van der Waals surface area contributed by atoms with Crippen LogP contribution < -0.4 is 14.4 Å². The zero-order chi connectivity index (χ0) is 30.1. The number of ether oxygens (including phenoxy) is 2. The van der Waals surface area contributed by atoms with E-state index in [9.17, 15) is 18.7 Å². The van der Waals surface area contributed by atoms with E-state index in [1.807, 2.05) is 0 Å². The van der Waals surface area contributed by atoms with Crippen LogP contribution >= 0.6 is 22.9 Å². The Kier molecular flexibility index (Phi) is 8.32. The van der Waals surface area contributed by atoms with E-state index >= 15 is 4.39 Å². The van der Waals surface area contributed by atoms with Crippen molar-refractivity contribution >= 4 is 55.8 Å². The zero-order valence-corrected chi connectivity index (χ0v) is 24.0. The predicted octanol–water partition coefficient (Wildman–Crippen LogP) is 7.39. The van der Waals surface area contributed by atoms with Gasteiger partial charge in [0.2, 0.25) is 0 Å². The summed E-state index contributed by atoms with van der Waals surface area (Å²) in [5.41, 5.74) is 1.71. The highest BCUT2D eigenvalue weighted by molar-refractivity contribution is 7.21. The number of pyridine rings is 1. The van der Waals surface area contributed by atoms with Crippen LogP contribution in [0.1, 0.15) is 19.7 Å². The van der Waals surface area contributed by atoms with Gasteiger partial charge in [0.05, 0.1) is 46.1 Å². The Morgan fingerprint density at radius 3 is 2.52 bits per heavy atom. The fourth-order valence-corrected chi connectivity index (χ4v) is 5.49. The van der Waals surface area contributed by atoms with Crippen molar-refractivity contribution in [3.8, 4) is 22.1 Å². The monoisotopic (exact) mass is 617 g/mol. The number of nitrogens with zero attached hydrogens (tertiary/aromatic N) is 5. The maximum Gasteiger partial charge on any atom is 0.412 e. The first-order chi connectivity index (χ1) is 20.0. The number of fused-ring (bicyclic) bond motifs is 2. The number of carbonyl (C=O) groups is 1. The van der Waals surface area contributed by atoms with Crippen molar-refractivity contribution in [2.45, 2.75) is 39.3 Å². The molecule has 9 nitrogen and oxygen atoms in total. The average Bonchev–Trinajstić information content (AvgIpc) is 3.34. The van der Waals surface area contributed by atoms with Gasteiger partial charge in [0.25, 0.3) is 6.43 Å². The lowest BCUT2D eigenvalue weighted by Gasteiger charge is -2.30. The van der Waals surface area contributed by atoms with E-state index in [0.29, 0.717) is 42.5 Å². The number of aryl methyl sites for hydroxylation is 1. The molecule has 5 rings (SSSR count). The van der Waals surface area contributed by atoms with Crippen LogP contribution in [0, 0.1) is 12.7 Å². The molecule has 14 heteroatoms. The number of thiazole rings is 1. The maximum atomic E-state index is 15.2. The molecule has 5 aromatic rings. The largest absolute Gasteiger partial charge is 0.486 e. The first kappa shape index (κ1) is 29.3. The normalized spacial score (nSPS) is 13.0. The van der Waals surface area contributed by atoms with Gasteiger partial charge >= 0.3 is 6.09 Å². The van der Waals surface area contributed by atoms with Gasteiger partial charge in [-0.15, -0.1) is 11.3 Å². The second-order valence-corrected chi connectivity index (χ2v) is 10.8. The third kappa shape index (κ3) is 6.16. The Hall–Kier alpha value is -4.23. The van der Waals surface area contributed by atoms with Crippen LogP contribution in [0.5, 0.6) is 11.5 Å². The molecule has 0 fully saturated rings. The fraction of sp³-hybridized carbons (Fsp3) is 0.250. The Morgan fingerprint density at radius 1 is 1.10 bits per heavy atom. The van der Waals surface area contributed by atoms with Crippen LogP contribution in [0.2, 0.25) is 5.02 Å². The van der Waals surface area contributed by atoms with Crippen LogP contribution in [0.3, 0.4) is 0 Å². The van der Waals surface area contributed by atoms with Gasteiger partial charge in [-0.25, -0.2) is 32.9 Å². The molecule has 0 aliphatic heterocycles. The number of halogens is 4. The Morgan fingerprint density at radius 2 is 1.83 bits per heavy atom. The van der Waals surface area contributed by atoms with E-state index in [4.69, 9.17) is 21.1 Å². The van der Waals surface area contributed by atoms with Crippen molar-refractivity contribution in [3.05, 3.63) is 65.6 Å². The Labute approximate surface area is 246 Å². The lowest BCUT2D eigenvalue weighted by Crippen LogP contribution is -2.46. The van der Waals surface area contributed by atoms with Gasteiger partial charge in [0.15, 0.2) is 11.6 Å². The molecule has 3 aromatic heterocycles. The van der Waals surface area contributed by atoms with Gasteiger partial charge < -0.3 is 14.6 Å². The van der Waals surface area contributed by atoms with Crippen molar-refractivity contribution in [2.24, 2.45) is 0 Å². The van der Waals surface area contributed by atoms with Gasteiger partial charge in [-0.1, -0.05) is 11.6 Å². The van der Waals surface area contributed by atoms with Crippen molar-refractivity contribution in [2.75, 3.05) is 11.5 Å². The third-order valence-electron chi connectivity index (χ3n) is 6.42. The minimum absolute atomic E-state index is 0.0718. The topological polar surface area (TPSA) is 111 Å². The smallest absolute Gasteiger partial charge is 0.412 e. The first-order valence-electron chi connectivity index (χ1n) is 12.6. The van der Waals surface area contributed by atoms with Crippen LogP contribution in [-0.2, 0) is 0 Å². The molecule has 0 spiro atoms. The summed E-state index contributed by atoms with van der Waals surface area (Å²) in [5, 5.41) is 11.3. The summed E-state index contributed by atoms with van der Waals surface area (Å²) in [4.78, 5) is 30.2. The molecule has 42 heavy (non-hydrogen) atoms. The van der Waals surface area contributed by atoms with Crippen LogP contribution in [0.4, 0.5) is 23.7 Å². The molecular weight excluding hydrogens is 595 g/mol. The number of amides is 1. The summed E-state index contributed by atoms with van der Waals surface area (Å²) >= 11 is 7.60. The van der Waals surface area contributed by atoms with E-state index in [2.05, 4.69) is 19.9 Å². The summed E-state index contributed by atoms with van der Waals surface area (Å²) in [7, 11) is 0. The molecule has 218 valence electrons. The lowest BCUT2D eigenvalue weighted by atomic mass is 10.1. The molecule has 0 aliphatic rings. The number of aromatic nitrogens is 4. The number of carboxylic acid groups (broad SMARTS) is 1. The van der Waals surface area contributed by atoms with Crippen LogP contribution in [0.15, 0.2) is 48.9 Å². The first-order valence-corrected chi connectivity index (χ1v) is 13.8. The number of anilines is 1. The van der Waals surface area contributed by atoms with Crippen molar-refractivity contribution in [1.29, 1.82) is 0 Å². The molecule has 0 saturated heterocycles. The maximum absolute atomic E-state index is 15.2. The van der Waals surface area contributed by atoms with Gasteiger partial charge in [-0.05, 0) is 39.0 Å². The van der Waals surface area contributed by atoms with E-state index < -0.39 is 37.1 Å². The zero-order valence-electron chi connectivity index (χ0n) is 22.4. The van der Waals surface area contributed by atoms with E-state index in [1.54, 1.807) is 39.0 Å². The number of hydrogen-bond donors (Lipinski definition) is 1. The Balaban J connectivity index is 1.44. The van der Waals surface area contributed by atoms with E-state index in [0.717, 1.165) is 4.90 Å². The highest BCUT2D eigenvalue weighted by Gasteiger charge is 2.29. The van der Waals surface area contributed by atoms with Gasteiger partial charge in [0.1, 0.15) is 29.3 Å². The quantitative estimate of drug-likeness (QED) is 0.182. The standard InChI is InChI=1S/C28H23ClF3N5O4S/c1-13(37(28(38)39)18-9-33-15(3)34-10-18)14(2)41-23-8-24-22(7-21(23)30)36-27(42-24)20-6-17(29)4-16-5-19(11-35-26(16)20)40-12-25(31)32/h4-11,13-14,25H,12H2,1-3H3,(H,38,39)/t13-,14+/m1/s1. The minimum atomic E-state index is -2.63. The van der Waals surface area contributed by atoms with Crippen molar-refractivity contribution < 1.29 is 32.5 Å². The molecule has 1 N–H and O–H groups in total. The van der Waals surface area contributed by atoms with Gasteiger partial charge in [-0.3, -0.25) is 9.88 Å². The molecular formula is C28H23ClF3N5O4S. The Bertz CT molecular complexity index is 1770. The summed E-state index contributed by atoms with van der Waals surface area (Å²) in [6, 6.07) is 6.88. The minimum Gasteiger partial charge on any atom is -0.486 e. The molecule has 0 radical (unpaired) electrons. The van der Waals surface area contributed by atoms with E-state index in [1.165, 1.54) is 42.1 Å². The highest BCUT2D eigenvalue weighted by atomic mass is 35.5. The molecule has 0 unspecified atom stereocenters. The van der Waals surface area contributed by atoms with Crippen LogP contribution in [-0.4, -0.2) is 56.3 Å². The summed E-state index contributed by atoms with van der Waals surface area (Å²) < 4.78 is 51.9. The van der Waals surface area contributed by atoms with Gasteiger partial charge in [-0.2, -0.15) is 0 Å².